The lowest BCUT2D eigenvalue weighted by Gasteiger charge is -2.27. The van der Waals surface area contributed by atoms with E-state index in [-0.39, 0.29) is 24.0 Å². The number of hydrogen-bond donors (Lipinski definition) is 3. The molecule has 0 unspecified atom stereocenters. The minimum atomic E-state index is -1.04. The van der Waals surface area contributed by atoms with Crippen molar-refractivity contribution >= 4 is 30.0 Å². The first-order chi connectivity index (χ1) is 15.9. The second kappa shape index (κ2) is 11.6. The molecule has 0 saturated heterocycles. The molecule has 34 heavy (non-hydrogen) atoms. The minimum Gasteiger partial charge on any atom is -0.497 e. The Bertz CT molecular complexity index is 1150. The summed E-state index contributed by atoms with van der Waals surface area (Å²) in [5.74, 6) is 0.420. The van der Waals surface area contributed by atoms with E-state index in [0.29, 0.717) is 28.8 Å². The third-order valence-electron chi connectivity index (χ3n) is 5.84. The summed E-state index contributed by atoms with van der Waals surface area (Å²) in [6, 6.07) is 18.0. The zero-order chi connectivity index (χ0) is 23.4. The van der Waals surface area contributed by atoms with Crippen LogP contribution in [0.2, 0.25) is 5.02 Å². The number of aliphatic hydroxyl groups is 1. The highest BCUT2D eigenvalue weighted by Crippen LogP contribution is 2.31. The van der Waals surface area contributed by atoms with Crippen molar-refractivity contribution < 1.29 is 24.5 Å². The van der Waals surface area contributed by atoms with Gasteiger partial charge in [-0.3, -0.25) is 0 Å². The number of aryl methyl sites for hydroxylation is 1. The highest BCUT2D eigenvalue weighted by Gasteiger charge is 2.20. The third-order valence-corrected chi connectivity index (χ3v) is 6.07. The molecule has 0 aliphatic heterocycles. The van der Waals surface area contributed by atoms with Gasteiger partial charge in [-0.2, -0.15) is 0 Å². The molecule has 3 aromatic rings. The van der Waals surface area contributed by atoms with Crippen molar-refractivity contribution in [3.8, 4) is 17.2 Å². The number of fused-ring (bicyclic) bond motifs is 1. The van der Waals surface area contributed by atoms with Crippen molar-refractivity contribution in [2.24, 2.45) is 0 Å². The van der Waals surface area contributed by atoms with Crippen LogP contribution < -0.4 is 14.8 Å². The second-order valence-electron chi connectivity index (χ2n) is 8.15. The Morgan fingerprint density at radius 3 is 2.62 bits per heavy atom. The highest BCUT2D eigenvalue weighted by atomic mass is 35.5. The van der Waals surface area contributed by atoms with Gasteiger partial charge in [0.25, 0.3) is 0 Å². The molecule has 3 aromatic carbocycles. The fourth-order valence-corrected chi connectivity index (χ4v) is 4.29. The van der Waals surface area contributed by atoms with Gasteiger partial charge in [0.05, 0.1) is 18.8 Å². The third kappa shape index (κ3) is 6.42. The Balaban J connectivity index is 0.00000324. The smallest absolute Gasteiger partial charge is 0.335 e. The van der Waals surface area contributed by atoms with E-state index in [1.54, 1.807) is 18.2 Å². The van der Waals surface area contributed by atoms with Crippen molar-refractivity contribution in [3.05, 3.63) is 87.9 Å². The van der Waals surface area contributed by atoms with Gasteiger partial charge in [-0.25, -0.2) is 4.79 Å². The van der Waals surface area contributed by atoms with Crippen LogP contribution in [0.3, 0.4) is 0 Å². The molecule has 0 radical (unpaired) electrons. The zero-order valence-corrected chi connectivity index (χ0v) is 20.2. The normalized spacial score (nSPS) is 15.6. The number of aliphatic hydroxyl groups excluding tert-OH is 1. The number of hydrogen-bond acceptors (Lipinski definition) is 5. The summed E-state index contributed by atoms with van der Waals surface area (Å²) in [5, 5.41) is 23.9. The highest BCUT2D eigenvalue weighted by molar-refractivity contribution is 6.30. The van der Waals surface area contributed by atoms with Crippen molar-refractivity contribution in [2.75, 3.05) is 13.7 Å². The first-order valence-electron chi connectivity index (χ1n) is 10.8. The molecule has 1 aliphatic carbocycles. The maximum absolute atomic E-state index is 11.4. The molecule has 6 nitrogen and oxygen atoms in total. The van der Waals surface area contributed by atoms with Gasteiger partial charge >= 0.3 is 5.97 Å². The molecule has 3 N–H and O–H groups in total. The summed E-state index contributed by atoms with van der Waals surface area (Å²) < 4.78 is 11.2. The Morgan fingerprint density at radius 2 is 1.88 bits per heavy atom. The van der Waals surface area contributed by atoms with Gasteiger partial charge in [0.15, 0.2) is 0 Å². The number of nitrogens with one attached hydrogen (secondary N) is 1. The van der Waals surface area contributed by atoms with Crippen molar-refractivity contribution in [3.63, 3.8) is 0 Å². The molecule has 0 saturated carbocycles. The zero-order valence-electron chi connectivity index (χ0n) is 18.7. The summed E-state index contributed by atoms with van der Waals surface area (Å²) in [7, 11) is 1.49. The van der Waals surface area contributed by atoms with Gasteiger partial charge < -0.3 is 25.0 Å². The monoisotopic (exact) mass is 503 g/mol. The Hall–Kier alpha value is -2.77. The van der Waals surface area contributed by atoms with Crippen molar-refractivity contribution in [1.29, 1.82) is 0 Å². The first kappa shape index (κ1) is 25.8. The first-order valence-corrected chi connectivity index (χ1v) is 11.2. The van der Waals surface area contributed by atoms with E-state index < -0.39 is 12.1 Å². The largest absolute Gasteiger partial charge is 0.497 e. The molecular weight excluding hydrogens is 477 g/mol. The molecule has 2 atom stereocenters. The number of halogens is 2. The predicted molar refractivity (Wildman–Crippen MR) is 134 cm³/mol. The number of ether oxygens (including phenoxy) is 2. The topological polar surface area (TPSA) is 88.0 Å². The Morgan fingerprint density at radius 1 is 1.09 bits per heavy atom. The van der Waals surface area contributed by atoms with Gasteiger partial charge in [0, 0.05) is 23.7 Å². The number of methoxy groups -OCH3 is 1. The Kier molecular flexibility index (Phi) is 8.80. The van der Waals surface area contributed by atoms with E-state index in [1.807, 2.05) is 24.3 Å². The van der Waals surface area contributed by atoms with E-state index in [1.165, 1.54) is 30.4 Å². The van der Waals surface area contributed by atoms with E-state index in [9.17, 15) is 15.0 Å². The lowest BCUT2D eigenvalue weighted by molar-refractivity contribution is 0.0696. The number of aromatic carboxylic acids is 1. The average molecular weight is 504 g/mol. The molecule has 1 aliphatic rings. The van der Waals surface area contributed by atoms with E-state index in [2.05, 4.69) is 11.4 Å². The van der Waals surface area contributed by atoms with Gasteiger partial charge in [-0.15, -0.1) is 12.4 Å². The van der Waals surface area contributed by atoms with Crippen LogP contribution in [0, 0.1) is 0 Å². The molecule has 0 fully saturated rings. The van der Waals surface area contributed by atoms with E-state index in [0.717, 1.165) is 24.8 Å². The maximum atomic E-state index is 11.4. The number of carbonyl (C=O) groups is 1. The fourth-order valence-electron chi connectivity index (χ4n) is 4.09. The van der Waals surface area contributed by atoms with Gasteiger partial charge in [0.2, 0.25) is 0 Å². The van der Waals surface area contributed by atoms with Crippen LogP contribution in [-0.2, 0) is 12.8 Å². The second-order valence-corrected chi connectivity index (χ2v) is 8.59. The van der Waals surface area contributed by atoms with Gasteiger partial charge in [-0.1, -0.05) is 29.8 Å². The summed E-state index contributed by atoms with van der Waals surface area (Å²) in [6.45, 7) is 0.443. The van der Waals surface area contributed by atoms with Crippen LogP contribution >= 0.6 is 24.0 Å². The summed E-state index contributed by atoms with van der Waals surface area (Å²) >= 11 is 6.03. The molecule has 0 heterocycles. The van der Waals surface area contributed by atoms with Gasteiger partial charge in [-0.05, 0) is 72.4 Å². The van der Waals surface area contributed by atoms with Crippen LogP contribution in [0.4, 0.5) is 0 Å². The molecular formula is C26H27Cl2NO5. The SMILES string of the molecule is COc1cc(Oc2ccc3c(c2)C[C@@H](NC[C@H](O)c2cccc(Cl)c2)CC3)cc(C(=O)O)c1.Cl. The average Bonchev–Trinajstić information content (AvgIpc) is 2.82. The molecule has 0 bridgehead atoms. The predicted octanol–water partition coefficient (Wildman–Crippen LogP) is 5.44. The summed E-state index contributed by atoms with van der Waals surface area (Å²) in [4.78, 5) is 11.4. The molecule has 0 spiro atoms. The molecule has 0 aromatic heterocycles. The number of carboxylic acids is 1. The quantitative estimate of drug-likeness (QED) is 0.379. The van der Waals surface area contributed by atoms with Crippen LogP contribution in [0.5, 0.6) is 17.2 Å². The fraction of sp³-hybridized carbons (Fsp3) is 0.269. The number of rotatable bonds is 8. The standard InChI is InChI=1S/C26H26ClNO5.ClH/c1-32-23-12-19(26(30)31)13-24(14-23)33-22-8-6-16-5-7-21(10-18(16)11-22)28-15-25(29)17-3-2-4-20(27)9-17;/h2-4,6,8-9,11-14,21,25,28-29H,5,7,10,15H2,1H3,(H,30,31);1H/t21-,25-;/m0./s1. The summed E-state index contributed by atoms with van der Waals surface area (Å²) in [5.41, 5.74) is 3.34. The maximum Gasteiger partial charge on any atom is 0.335 e. The number of carboxylic acid groups (broad SMARTS) is 1. The molecule has 4 rings (SSSR count). The lowest BCUT2D eigenvalue weighted by Crippen LogP contribution is -2.37. The molecule has 180 valence electrons. The van der Waals surface area contributed by atoms with E-state index >= 15 is 0 Å². The van der Waals surface area contributed by atoms with E-state index in [4.69, 9.17) is 21.1 Å². The Labute approximate surface area is 209 Å². The molecule has 8 heteroatoms. The van der Waals surface area contributed by atoms with Crippen LogP contribution in [0.25, 0.3) is 0 Å². The lowest BCUT2D eigenvalue weighted by atomic mass is 9.88. The summed E-state index contributed by atoms with van der Waals surface area (Å²) in [6.07, 6.45) is 2.10. The van der Waals surface area contributed by atoms with Crippen molar-refractivity contribution in [1.82, 2.24) is 5.32 Å². The number of benzene rings is 3. The van der Waals surface area contributed by atoms with Crippen LogP contribution in [-0.4, -0.2) is 35.9 Å². The van der Waals surface area contributed by atoms with Gasteiger partial charge in [0.1, 0.15) is 17.2 Å². The van der Waals surface area contributed by atoms with Crippen molar-refractivity contribution in [2.45, 2.75) is 31.4 Å². The van der Waals surface area contributed by atoms with Crippen LogP contribution in [0.1, 0.15) is 39.6 Å². The van der Waals surface area contributed by atoms with Crippen LogP contribution in [0.15, 0.2) is 60.7 Å². The minimum absolute atomic E-state index is 0. The molecule has 0 amide bonds.